The van der Waals surface area contributed by atoms with Gasteiger partial charge < -0.3 is 9.73 Å². The Hall–Kier alpha value is -2.95. The number of hydrogen-bond donors (Lipinski definition) is 1. The van der Waals surface area contributed by atoms with Crippen molar-refractivity contribution in [1.82, 2.24) is 4.98 Å². The molecule has 2 aromatic carbocycles. The Morgan fingerprint density at radius 3 is 2.64 bits per heavy atom. The lowest BCUT2D eigenvalue weighted by Crippen LogP contribution is -2.13. The summed E-state index contributed by atoms with van der Waals surface area (Å²) in [6.07, 6.45) is 0. The van der Waals surface area contributed by atoms with Crippen molar-refractivity contribution >= 4 is 11.6 Å². The molecule has 3 rings (SSSR count). The van der Waals surface area contributed by atoms with Gasteiger partial charge in [0.15, 0.2) is 5.69 Å². The maximum absolute atomic E-state index is 13.1. The Morgan fingerprint density at radius 1 is 1.14 bits per heavy atom. The van der Waals surface area contributed by atoms with Crippen molar-refractivity contribution in [3.8, 4) is 11.5 Å². The van der Waals surface area contributed by atoms with Gasteiger partial charge in [0.2, 0.25) is 5.89 Å². The Labute approximate surface area is 126 Å². The number of aromatic nitrogens is 1. The third-order valence-electron chi connectivity index (χ3n) is 3.11. The summed E-state index contributed by atoms with van der Waals surface area (Å²) in [6.45, 7) is 1.67. The molecule has 0 aliphatic carbocycles. The number of rotatable bonds is 3. The van der Waals surface area contributed by atoms with E-state index in [1.54, 1.807) is 13.0 Å². The second-order valence-corrected chi connectivity index (χ2v) is 4.75. The Morgan fingerprint density at radius 2 is 1.91 bits per heavy atom. The summed E-state index contributed by atoms with van der Waals surface area (Å²) in [7, 11) is 0. The molecule has 22 heavy (non-hydrogen) atoms. The molecular formula is C17H13FN2O2. The Kier molecular flexibility index (Phi) is 3.70. The lowest BCUT2D eigenvalue weighted by molar-refractivity contribution is 0.102. The zero-order chi connectivity index (χ0) is 15.5. The number of amides is 1. The summed E-state index contributed by atoms with van der Waals surface area (Å²) in [5.41, 5.74) is 1.34. The first-order chi connectivity index (χ1) is 10.6. The molecule has 1 amide bonds. The van der Waals surface area contributed by atoms with Gasteiger partial charge in [0, 0.05) is 11.3 Å². The van der Waals surface area contributed by atoms with Gasteiger partial charge in [-0.1, -0.05) is 24.3 Å². The molecule has 0 spiro atoms. The van der Waals surface area contributed by atoms with Gasteiger partial charge in [-0.05, 0) is 37.3 Å². The molecule has 5 heteroatoms. The van der Waals surface area contributed by atoms with Crippen molar-refractivity contribution in [1.29, 1.82) is 0 Å². The molecule has 3 aromatic rings. The SMILES string of the molecule is Cc1oc(-c2ccccc2)nc1C(=O)Nc1cccc(F)c1. The van der Waals surface area contributed by atoms with Crippen LogP contribution in [0.1, 0.15) is 16.2 Å². The van der Waals surface area contributed by atoms with Crippen molar-refractivity contribution in [3.63, 3.8) is 0 Å². The van der Waals surface area contributed by atoms with Crippen LogP contribution in [0.15, 0.2) is 59.0 Å². The number of hydrogen-bond acceptors (Lipinski definition) is 3. The highest BCUT2D eigenvalue weighted by atomic mass is 19.1. The number of oxazole rings is 1. The van der Waals surface area contributed by atoms with Crippen LogP contribution in [0.25, 0.3) is 11.5 Å². The topological polar surface area (TPSA) is 55.1 Å². The van der Waals surface area contributed by atoms with Crippen LogP contribution in [-0.4, -0.2) is 10.9 Å². The summed E-state index contributed by atoms with van der Waals surface area (Å²) >= 11 is 0. The Bertz CT molecular complexity index is 813. The van der Waals surface area contributed by atoms with Crippen molar-refractivity contribution < 1.29 is 13.6 Å². The largest absolute Gasteiger partial charge is 0.441 e. The van der Waals surface area contributed by atoms with Crippen molar-refractivity contribution in [2.75, 3.05) is 5.32 Å². The van der Waals surface area contributed by atoms with E-state index < -0.39 is 11.7 Å². The van der Waals surface area contributed by atoms with Gasteiger partial charge in [-0.15, -0.1) is 0 Å². The van der Waals surface area contributed by atoms with Gasteiger partial charge in [0.1, 0.15) is 11.6 Å². The fourth-order valence-corrected chi connectivity index (χ4v) is 2.07. The number of aryl methyl sites for hydroxylation is 1. The summed E-state index contributed by atoms with van der Waals surface area (Å²) in [5, 5.41) is 2.60. The van der Waals surface area contributed by atoms with Crippen LogP contribution in [-0.2, 0) is 0 Å². The summed E-state index contributed by atoms with van der Waals surface area (Å²) in [4.78, 5) is 16.5. The van der Waals surface area contributed by atoms with E-state index in [2.05, 4.69) is 10.3 Å². The molecular weight excluding hydrogens is 283 g/mol. The first kappa shape index (κ1) is 14.0. The highest BCUT2D eigenvalue weighted by molar-refractivity contribution is 6.03. The zero-order valence-electron chi connectivity index (χ0n) is 11.8. The molecule has 0 saturated heterocycles. The first-order valence-electron chi connectivity index (χ1n) is 6.73. The van der Waals surface area contributed by atoms with Crippen molar-refractivity contribution in [2.45, 2.75) is 6.92 Å². The van der Waals surface area contributed by atoms with Gasteiger partial charge in [-0.3, -0.25) is 4.79 Å². The average Bonchev–Trinajstić information content (AvgIpc) is 2.90. The molecule has 1 N–H and O–H groups in total. The predicted molar refractivity (Wildman–Crippen MR) is 81.0 cm³/mol. The fourth-order valence-electron chi connectivity index (χ4n) is 2.07. The number of carbonyl (C=O) groups is 1. The van der Waals surface area contributed by atoms with Gasteiger partial charge >= 0.3 is 0 Å². The normalized spacial score (nSPS) is 10.5. The van der Waals surface area contributed by atoms with Gasteiger partial charge in [0.05, 0.1) is 0 Å². The second kappa shape index (κ2) is 5.81. The van der Waals surface area contributed by atoms with Crippen LogP contribution < -0.4 is 5.32 Å². The number of carbonyl (C=O) groups excluding carboxylic acids is 1. The molecule has 0 atom stereocenters. The summed E-state index contributed by atoms with van der Waals surface area (Å²) < 4.78 is 18.7. The van der Waals surface area contributed by atoms with E-state index in [1.165, 1.54) is 18.2 Å². The highest BCUT2D eigenvalue weighted by Gasteiger charge is 2.18. The number of halogens is 1. The van der Waals surface area contributed by atoms with Gasteiger partial charge in [-0.2, -0.15) is 0 Å². The summed E-state index contributed by atoms with van der Waals surface area (Å²) in [5.74, 6) is -0.0658. The monoisotopic (exact) mass is 296 g/mol. The van der Waals surface area contributed by atoms with Crippen LogP contribution in [0.5, 0.6) is 0 Å². The van der Waals surface area contributed by atoms with Crippen LogP contribution in [0.3, 0.4) is 0 Å². The molecule has 1 heterocycles. The van der Waals surface area contributed by atoms with Crippen LogP contribution in [0.2, 0.25) is 0 Å². The van der Waals surface area contributed by atoms with E-state index in [4.69, 9.17) is 4.42 Å². The number of anilines is 1. The summed E-state index contributed by atoms with van der Waals surface area (Å²) in [6, 6.07) is 15.0. The third kappa shape index (κ3) is 2.88. The minimum Gasteiger partial charge on any atom is -0.441 e. The quantitative estimate of drug-likeness (QED) is 0.793. The maximum Gasteiger partial charge on any atom is 0.277 e. The van der Waals surface area contributed by atoms with Crippen molar-refractivity contribution in [2.24, 2.45) is 0 Å². The number of benzene rings is 2. The molecule has 0 radical (unpaired) electrons. The third-order valence-corrected chi connectivity index (χ3v) is 3.11. The van der Waals surface area contributed by atoms with Crippen LogP contribution >= 0.6 is 0 Å². The first-order valence-corrected chi connectivity index (χ1v) is 6.73. The standard InChI is InChI=1S/C17H13FN2O2/c1-11-15(16(21)19-14-9-5-8-13(18)10-14)20-17(22-11)12-6-3-2-4-7-12/h2-10H,1H3,(H,19,21). The van der Waals surface area contributed by atoms with Crippen molar-refractivity contribution in [3.05, 3.63) is 71.9 Å². The van der Waals surface area contributed by atoms with E-state index >= 15 is 0 Å². The molecule has 110 valence electrons. The van der Waals surface area contributed by atoms with E-state index in [9.17, 15) is 9.18 Å². The van der Waals surface area contributed by atoms with E-state index in [-0.39, 0.29) is 5.69 Å². The minimum atomic E-state index is -0.436. The minimum absolute atomic E-state index is 0.183. The molecule has 0 unspecified atom stereocenters. The van der Waals surface area contributed by atoms with Crippen LogP contribution in [0, 0.1) is 12.7 Å². The molecule has 0 aliphatic rings. The molecule has 0 fully saturated rings. The number of nitrogens with one attached hydrogen (secondary N) is 1. The number of nitrogens with zero attached hydrogens (tertiary/aromatic N) is 1. The average molecular weight is 296 g/mol. The van der Waals surface area contributed by atoms with E-state index in [0.29, 0.717) is 17.3 Å². The zero-order valence-corrected chi connectivity index (χ0v) is 11.8. The smallest absolute Gasteiger partial charge is 0.277 e. The predicted octanol–water partition coefficient (Wildman–Crippen LogP) is 4.04. The molecule has 0 aliphatic heterocycles. The van der Waals surface area contributed by atoms with Crippen LogP contribution in [0.4, 0.5) is 10.1 Å². The highest BCUT2D eigenvalue weighted by Crippen LogP contribution is 2.22. The Balaban J connectivity index is 1.86. The fraction of sp³-hybridized carbons (Fsp3) is 0.0588. The lowest BCUT2D eigenvalue weighted by atomic mass is 10.2. The van der Waals surface area contributed by atoms with Gasteiger partial charge in [-0.25, -0.2) is 9.37 Å². The van der Waals surface area contributed by atoms with E-state index in [0.717, 1.165) is 5.56 Å². The van der Waals surface area contributed by atoms with E-state index in [1.807, 2.05) is 30.3 Å². The molecule has 0 bridgehead atoms. The second-order valence-electron chi connectivity index (χ2n) is 4.75. The molecule has 0 saturated carbocycles. The molecule has 4 nitrogen and oxygen atoms in total. The lowest BCUT2D eigenvalue weighted by Gasteiger charge is -2.02. The van der Waals surface area contributed by atoms with Gasteiger partial charge in [0.25, 0.3) is 5.91 Å². The molecule has 1 aromatic heterocycles. The maximum atomic E-state index is 13.1.